The number of para-hydroxylation sites is 1. The number of nitrogens with zero attached hydrogens (tertiary/aromatic N) is 1. The van der Waals surface area contributed by atoms with Crippen molar-refractivity contribution in [1.82, 2.24) is 0 Å². The first-order valence-electron chi connectivity index (χ1n) is 10.3. The molecule has 5 nitrogen and oxygen atoms in total. The van der Waals surface area contributed by atoms with E-state index in [4.69, 9.17) is 4.74 Å². The van der Waals surface area contributed by atoms with Crippen LogP contribution in [0.2, 0.25) is 0 Å². The van der Waals surface area contributed by atoms with Crippen molar-refractivity contribution >= 4 is 28.8 Å². The summed E-state index contributed by atoms with van der Waals surface area (Å²) in [5, 5.41) is 3.08. The fraction of sp³-hybridized carbons (Fsp3) is 0.154. The van der Waals surface area contributed by atoms with Gasteiger partial charge in [0, 0.05) is 5.69 Å². The fourth-order valence-electron chi connectivity index (χ4n) is 3.52. The number of aryl methyl sites for hydroxylation is 1. The number of hydrogen-bond donors (Lipinski definition) is 1. The molecule has 1 aliphatic heterocycles. The van der Waals surface area contributed by atoms with E-state index in [0.717, 1.165) is 10.5 Å². The van der Waals surface area contributed by atoms with Gasteiger partial charge in [-0.05, 0) is 62.7 Å². The van der Waals surface area contributed by atoms with Gasteiger partial charge in [0.1, 0.15) is 17.3 Å². The van der Waals surface area contributed by atoms with Crippen LogP contribution in [0, 0.1) is 12.7 Å². The van der Waals surface area contributed by atoms with Gasteiger partial charge in [0.25, 0.3) is 11.8 Å². The van der Waals surface area contributed by atoms with Crippen LogP contribution in [-0.2, 0) is 9.59 Å². The molecule has 0 unspecified atom stereocenters. The number of carbonyl (C=O) groups is 2. The third kappa shape index (κ3) is 4.12. The topological polar surface area (TPSA) is 58.6 Å². The van der Waals surface area contributed by atoms with Crippen LogP contribution in [0.25, 0.3) is 5.57 Å². The summed E-state index contributed by atoms with van der Waals surface area (Å²) in [6.45, 7) is 5.80. The van der Waals surface area contributed by atoms with Crippen molar-refractivity contribution in [2.45, 2.75) is 26.9 Å². The van der Waals surface area contributed by atoms with E-state index in [-0.39, 0.29) is 23.1 Å². The zero-order chi connectivity index (χ0) is 22.8. The molecule has 1 heterocycles. The Labute approximate surface area is 186 Å². The Morgan fingerprint density at radius 3 is 2.16 bits per heavy atom. The highest BCUT2D eigenvalue weighted by atomic mass is 19.1. The van der Waals surface area contributed by atoms with Crippen LogP contribution in [0.15, 0.2) is 78.5 Å². The summed E-state index contributed by atoms with van der Waals surface area (Å²) in [6, 6.07) is 20.1. The van der Waals surface area contributed by atoms with Gasteiger partial charge in [-0.1, -0.05) is 42.0 Å². The number of rotatable bonds is 6. The van der Waals surface area contributed by atoms with E-state index < -0.39 is 17.6 Å². The van der Waals surface area contributed by atoms with E-state index in [1.165, 1.54) is 18.2 Å². The third-order valence-corrected chi connectivity index (χ3v) is 5.01. The van der Waals surface area contributed by atoms with Gasteiger partial charge >= 0.3 is 0 Å². The molecule has 0 fully saturated rings. The molecule has 0 saturated heterocycles. The Kier molecular flexibility index (Phi) is 5.77. The molecule has 0 saturated carbocycles. The largest absolute Gasteiger partial charge is 0.491 e. The number of amides is 2. The molecule has 2 amide bonds. The van der Waals surface area contributed by atoms with Crippen LogP contribution in [0.4, 0.5) is 15.8 Å². The summed E-state index contributed by atoms with van der Waals surface area (Å²) in [4.78, 5) is 27.6. The van der Waals surface area contributed by atoms with Crippen molar-refractivity contribution < 1.29 is 18.7 Å². The number of halogens is 1. The number of carbonyl (C=O) groups excluding carboxylic acids is 2. The highest BCUT2D eigenvalue weighted by molar-refractivity contribution is 6.46. The Hall–Kier alpha value is -3.93. The lowest BCUT2D eigenvalue weighted by molar-refractivity contribution is -0.120. The lowest BCUT2D eigenvalue weighted by atomic mass is 10.0. The maximum atomic E-state index is 14.5. The quantitative estimate of drug-likeness (QED) is 0.538. The van der Waals surface area contributed by atoms with E-state index in [2.05, 4.69) is 5.32 Å². The van der Waals surface area contributed by atoms with Gasteiger partial charge in [-0.2, -0.15) is 0 Å². The van der Waals surface area contributed by atoms with Crippen molar-refractivity contribution in [2.75, 3.05) is 10.2 Å². The second-order valence-electron chi connectivity index (χ2n) is 7.83. The molecule has 4 rings (SSSR count). The van der Waals surface area contributed by atoms with Crippen molar-refractivity contribution in [1.29, 1.82) is 0 Å². The van der Waals surface area contributed by atoms with Crippen LogP contribution in [-0.4, -0.2) is 17.9 Å². The van der Waals surface area contributed by atoms with E-state index in [1.807, 2.05) is 45.0 Å². The average Bonchev–Trinajstić information content (AvgIpc) is 3.00. The highest BCUT2D eigenvalue weighted by Gasteiger charge is 2.41. The first kappa shape index (κ1) is 21.3. The first-order chi connectivity index (χ1) is 15.3. The van der Waals surface area contributed by atoms with Gasteiger partial charge in [0.2, 0.25) is 0 Å². The van der Waals surface area contributed by atoms with E-state index in [9.17, 15) is 14.0 Å². The number of hydrogen-bond acceptors (Lipinski definition) is 4. The lowest BCUT2D eigenvalue weighted by Crippen LogP contribution is -2.33. The Balaban J connectivity index is 1.79. The molecule has 0 aromatic heterocycles. The second-order valence-corrected chi connectivity index (χ2v) is 7.83. The molecule has 0 bridgehead atoms. The second kappa shape index (κ2) is 8.67. The van der Waals surface area contributed by atoms with E-state index in [1.54, 1.807) is 30.3 Å². The Morgan fingerprint density at radius 1 is 0.875 bits per heavy atom. The monoisotopic (exact) mass is 430 g/mol. The zero-order valence-electron chi connectivity index (χ0n) is 18.1. The summed E-state index contributed by atoms with van der Waals surface area (Å²) >= 11 is 0. The first-order valence-corrected chi connectivity index (χ1v) is 10.3. The normalized spacial score (nSPS) is 13.8. The standard InChI is InChI=1S/C26H23FN2O3/c1-16(2)32-20-14-10-18(11-15-20)23-24(28-19-12-8-17(3)9-13-19)26(31)29(25(23)30)22-7-5-4-6-21(22)27/h4-16,28H,1-3H3. The van der Waals surface area contributed by atoms with Gasteiger partial charge < -0.3 is 10.1 Å². The lowest BCUT2D eigenvalue weighted by Gasteiger charge is -2.16. The molecule has 6 heteroatoms. The number of nitrogens with one attached hydrogen (secondary N) is 1. The molecule has 0 aliphatic carbocycles. The predicted octanol–water partition coefficient (Wildman–Crippen LogP) is 5.32. The molecule has 162 valence electrons. The van der Waals surface area contributed by atoms with Gasteiger partial charge in [0.15, 0.2) is 0 Å². The highest BCUT2D eigenvalue weighted by Crippen LogP contribution is 2.35. The van der Waals surface area contributed by atoms with Gasteiger partial charge in [-0.25, -0.2) is 9.29 Å². The molecule has 1 aliphatic rings. The Bertz CT molecular complexity index is 1200. The number of benzene rings is 3. The van der Waals surface area contributed by atoms with Crippen LogP contribution in [0.1, 0.15) is 25.0 Å². The smallest absolute Gasteiger partial charge is 0.282 e. The molecule has 3 aromatic carbocycles. The summed E-state index contributed by atoms with van der Waals surface area (Å²) in [7, 11) is 0. The van der Waals surface area contributed by atoms with E-state index >= 15 is 0 Å². The van der Waals surface area contributed by atoms with Crippen LogP contribution in [0.3, 0.4) is 0 Å². The molecule has 0 atom stereocenters. The minimum Gasteiger partial charge on any atom is -0.491 e. The molecular formula is C26H23FN2O3. The van der Waals surface area contributed by atoms with Crippen LogP contribution in [0.5, 0.6) is 5.75 Å². The Morgan fingerprint density at radius 2 is 1.53 bits per heavy atom. The molecule has 3 aromatic rings. The number of imide groups is 1. The SMILES string of the molecule is Cc1ccc(NC2=C(c3ccc(OC(C)C)cc3)C(=O)N(c3ccccc3F)C2=O)cc1. The zero-order valence-corrected chi connectivity index (χ0v) is 18.1. The number of anilines is 2. The van der Waals surface area contributed by atoms with Crippen molar-refractivity contribution in [2.24, 2.45) is 0 Å². The van der Waals surface area contributed by atoms with Gasteiger partial charge in [0.05, 0.1) is 17.4 Å². The van der Waals surface area contributed by atoms with Crippen molar-refractivity contribution in [3.05, 3.63) is 95.4 Å². The minimum atomic E-state index is -0.647. The molecule has 0 spiro atoms. The van der Waals surface area contributed by atoms with Gasteiger partial charge in [-0.15, -0.1) is 0 Å². The average molecular weight is 430 g/mol. The van der Waals surface area contributed by atoms with Crippen LogP contribution < -0.4 is 15.0 Å². The van der Waals surface area contributed by atoms with Crippen molar-refractivity contribution in [3.8, 4) is 5.75 Å². The summed E-state index contributed by atoms with van der Waals surface area (Å²) in [6.07, 6.45) is 0.00469. The maximum Gasteiger partial charge on any atom is 0.282 e. The molecular weight excluding hydrogens is 407 g/mol. The fourth-order valence-corrected chi connectivity index (χ4v) is 3.52. The molecule has 1 N–H and O–H groups in total. The summed E-state index contributed by atoms with van der Waals surface area (Å²) in [5.74, 6) is -1.20. The minimum absolute atomic E-state index is 0.00469. The van der Waals surface area contributed by atoms with Crippen LogP contribution >= 0.6 is 0 Å². The summed E-state index contributed by atoms with van der Waals surface area (Å²) in [5.41, 5.74) is 2.44. The maximum absolute atomic E-state index is 14.5. The number of ether oxygens (including phenoxy) is 1. The molecule has 0 radical (unpaired) electrons. The van der Waals surface area contributed by atoms with Crippen molar-refractivity contribution in [3.63, 3.8) is 0 Å². The summed E-state index contributed by atoms with van der Waals surface area (Å²) < 4.78 is 20.2. The predicted molar refractivity (Wildman–Crippen MR) is 123 cm³/mol. The third-order valence-electron chi connectivity index (χ3n) is 5.01. The van der Waals surface area contributed by atoms with E-state index in [0.29, 0.717) is 17.0 Å². The van der Waals surface area contributed by atoms with Gasteiger partial charge in [-0.3, -0.25) is 9.59 Å². The molecule has 32 heavy (non-hydrogen) atoms.